The van der Waals surface area contributed by atoms with Crippen LogP contribution in [-0.4, -0.2) is 19.6 Å². The van der Waals surface area contributed by atoms with Crippen LogP contribution in [0.2, 0.25) is 0 Å². The molecule has 0 saturated heterocycles. The number of furan rings is 1. The topological polar surface area (TPSA) is 51.5 Å². The first-order chi connectivity index (χ1) is 8.76. The molecular weight excluding hydrogens is 230 g/mol. The predicted molar refractivity (Wildman–Crippen MR) is 69.3 cm³/mol. The number of fused-ring (bicyclic) bond motifs is 1. The van der Waals surface area contributed by atoms with Crippen molar-refractivity contribution in [2.75, 3.05) is 13.7 Å². The van der Waals surface area contributed by atoms with Crippen molar-refractivity contribution in [1.29, 1.82) is 0 Å². The first-order valence-corrected chi connectivity index (χ1v) is 6.03. The normalized spacial score (nSPS) is 10.8. The van der Waals surface area contributed by atoms with Crippen LogP contribution < -0.4 is 5.32 Å². The van der Waals surface area contributed by atoms with Crippen molar-refractivity contribution in [3.8, 4) is 0 Å². The Morgan fingerprint density at radius 3 is 2.89 bits per heavy atom. The number of hydrogen-bond donors (Lipinski definition) is 1. The van der Waals surface area contributed by atoms with Crippen LogP contribution >= 0.6 is 0 Å². The van der Waals surface area contributed by atoms with Crippen molar-refractivity contribution in [2.45, 2.75) is 19.9 Å². The molecule has 0 spiro atoms. The average molecular weight is 247 g/mol. The summed E-state index contributed by atoms with van der Waals surface area (Å²) in [6.45, 7) is 2.87. The van der Waals surface area contributed by atoms with Crippen molar-refractivity contribution in [3.05, 3.63) is 35.6 Å². The summed E-state index contributed by atoms with van der Waals surface area (Å²) in [7, 11) is 1.38. The molecule has 1 heterocycles. The monoisotopic (exact) mass is 247 g/mol. The molecule has 0 fully saturated rings. The van der Waals surface area contributed by atoms with Gasteiger partial charge in [-0.1, -0.05) is 25.1 Å². The molecule has 2 rings (SSSR count). The molecule has 0 aliphatic heterocycles. The van der Waals surface area contributed by atoms with Gasteiger partial charge in [-0.15, -0.1) is 0 Å². The van der Waals surface area contributed by atoms with E-state index in [1.807, 2.05) is 24.3 Å². The van der Waals surface area contributed by atoms with Crippen molar-refractivity contribution in [1.82, 2.24) is 5.32 Å². The van der Waals surface area contributed by atoms with E-state index in [1.165, 1.54) is 7.11 Å². The fraction of sp³-hybridized carbons (Fsp3) is 0.357. The van der Waals surface area contributed by atoms with Gasteiger partial charge in [0.25, 0.3) is 0 Å². The lowest BCUT2D eigenvalue weighted by Crippen LogP contribution is -2.23. The summed E-state index contributed by atoms with van der Waals surface area (Å²) in [4.78, 5) is 11.1. The van der Waals surface area contributed by atoms with E-state index in [-0.39, 0.29) is 12.5 Å². The number of benzene rings is 1. The van der Waals surface area contributed by atoms with Crippen LogP contribution in [0.15, 0.2) is 28.7 Å². The minimum absolute atomic E-state index is 0.208. The Bertz CT molecular complexity index is 545. The summed E-state index contributed by atoms with van der Waals surface area (Å²) in [5.41, 5.74) is 2.02. The molecule has 18 heavy (non-hydrogen) atoms. The van der Waals surface area contributed by atoms with Gasteiger partial charge in [0, 0.05) is 23.9 Å². The number of methoxy groups -OCH3 is 1. The highest BCUT2D eigenvalue weighted by Crippen LogP contribution is 2.25. The van der Waals surface area contributed by atoms with Crippen molar-refractivity contribution in [3.63, 3.8) is 0 Å². The molecular formula is C14H17NO3. The van der Waals surface area contributed by atoms with E-state index in [4.69, 9.17) is 4.42 Å². The third-order valence-electron chi connectivity index (χ3n) is 2.90. The molecule has 0 aliphatic carbocycles. The van der Waals surface area contributed by atoms with Crippen LogP contribution in [0, 0.1) is 0 Å². The predicted octanol–water partition coefficient (Wildman–Crippen LogP) is 2.26. The van der Waals surface area contributed by atoms with Gasteiger partial charge < -0.3 is 14.5 Å². The van der Waals surface area contributed by atoms with Gasteiger partial charge in [0.15, 0.2) is 0 Å². The summed E-state index contributed by atoms with van der Waals surface area (Å²) in [6, 6.07) is 7.93. The molecule has 0 atom stereocenters. The van der Waals surface area contributed by atoms with Crippen LogP contribution in [0.4, 0.5) is 0 Å². The number of rotatable bonds is 5. The Balaban J connectivity index is 2.18. The molecule has 0 unspecified atom stereocenters. The van der Waals surface area contributed by atoms with Gasteiger partial charge in [0.1, 0.15) is 11.3 Å². The molecule has 1 aromatic carbocycles. The van der Waals surface area contributed by atoms with E-state index >= 15 is 0 Å². The quantitative estimate of drug-likeness (QED) is 0.823. The summed E-state index contributed by atoms with van der Waals surface area (Å²) in [5, 5.41) is 4.17. The van der Waals surface area contributed by atoms with E-state index in [1.54, 1.807) is 0 Å². The lowest BCUT2D eigenvalue weighted by molar-refractivity contribution is -0.139. The van der Waals surface area contributed by atoms with Crippen molar-refractivity contribution >= 4 is 16.9 Å². The van der Waals surface area contributed by atoms with E-state index in [0.717, 1.165) is 28.7 Å². The first kappa shape index (κ1) is 12.6. The minimum Gasteiger partial charge on any atom is -0.468 e. The molecule has 0 saturated carbocycles. The third kappa shape index (κ3) is 2.54. The maximum atomic E-state index is 11.1. The first-order valence-electron chi connectivity index (χ1n) is 6.03. The van der Waals surface area contributed by atoms with Crippen molar-refractivity contribution in [2.24, 2.45) is 0 Å². The van der Waals surface area contributed by atoms with Crippen LogP contribution in [-0.2, 0) is 22.5 Å². The van der Waals surface area contributed by atoms with Gasteiger partial charge in [0.2, 0.25) is 0 Å². The summed E-state index contributed by atoms with van der Waals surface area (Å²) >= 11 is 0. The molecule has 4 heteroatoms. The lowest BCUT2D eigenvalue weighted by Gasteiger charge is -2.03. The zero-order valence-corrected chi connectivity index (χ0v) is 10.7. The van der Waals surface area contributed by atoms with E-state index in [2.05, 4.69) is 17.0 Å². The SMILES string of the molecule is CCc1oc2ccccc2c1CNCC(=O)OC. The summed E-state index contributed by atoms with van der Waals surface area (Å²) < 4.78 is 10.4. The molecule has 1 aromatic heterocycles. The Labute approximate surface area is 106 Å². The minimum atomic E-state index is -0.263. The zero-order chi connectivity index (χ0) is 13.0. The average Bonchev–Trinajstić information content (AvgIpc) is 2.77. The third-order valence-corrected chi connectivity index (χ3v) is 2.90. The maximum Gasteiger partial charge on any atom is 0.319 e. The van der Waals surface area contributed by atoms with Gasteiger partial charge in [-0.2, -0.15) is 0 Å². The Hall–Kier alpha value is -1.81. The second kappa shape index (κ2) is 5.69. The smallest absolute Gasteiger partial charge is 0.319 e. The summed E-state index contributed by atoms with van der Waals surface area (Å²) in [5.74, 6) is 0.703. The molecule has 0 amide bonds. The molecule has 4 nitrogen and oxygen atoms in total. The Morgan fingerprint density at radius 2 is 2.17 bits per heavy atom. The summed E-state index contributed by atoms with van der Waals surface area (Å²) in [6.07, 6.45) is 0.837. The van der Waals surface area contributed by atoms with E-state index in [9.17, 15) is 4.79 Å². The fourth-order valence-electron chi connectivity index (χ4n) is 1.99. The standard InChI is InChI=1S/C14H17NO3/c1-3-12-11(8-15-9-14(16)17-2)10-6-4-5-7-13(10)18-12/h4-7,15H,3,8-9H2,1-2H3. The molecule has 96 valence electrons. The highest BCUT2D eigenvalue weighted by molar-refractivity contribution is 5.82. The van der Waals surface area contributed by atoms with Crippen LogP contribution in [0.3, 0.4) is 0 Å². The molecule has 0 aliphatic rings. The molecule has 1 N–H and O–H groups in total. The lowest BCUT2D eigenvalue weighted by atomic mass is 10.1. The maximum absolute atomic E-state index is 11.1. The number of aryl methyl sites for hydroxylation is 1. The molecule has 0 bridgehead atoms. The van der Waals surface area contributed by atoms with Gasteiger partial charge >= 0.3 is 5.97 Å². The second-order valence-corrected chi connectivity index (χ2v) is 4.03. The second-order valence-electron chi connectivity index (χ2n) is 4.03. The largest absolute Gasteiger partial charge is 0.468 e. The van der Waals surface area contributed by atoms with Gasteiger partial charge in [-0.3, -0.25) is 4.79 Å². The van der Waals surface area contributed by atoms with Gasteiger partial charge in [-0.05, 0) is 6.07 Å². The van der Waals surface area contributed by atoms with E-state index in [0.29, 0.717) is 6.54 Å². The number of nitrogens with one attached hydrogen (secondary N) is 1. The number of para-hydroxylation sites is 1. The number of ether oxygens (including phenoxy) is 1. The number of hydrogen-bond acceptors (Lipinski definition) is 4. The van der Waals surface area contributed by atoms with Crippen LogP contribution in [0.1, 0.15) is 18.2 Å². The van der Waals surface area contributed by atoms with Gasteiger partial charge in [0.05, 0.1) is 13.7 Å². The Kier molecular flexibility index (Phi) is 3.99. The number of carbonyl (C=O) groups excluding carboxylic acids is 1. The highest BCUT2D eigenvalue weighted by atomic mass is 16.5. The van der Waals surface area contributed by atoms with Crippen molar-refractivity contribution < 1.29 is 13.9 Å². The van der Waals surface area contributed by atoms with Crippen LogP contribution in [0.25, 0.3) is 11.0 Å². The van der Waals surface area contributed by atoms with Crippen LogP contribution in [0.5, 0.6) is 0 Å². The molecule has 0 radical (unpaired) electrons. The number of carbonyl (C=O) groups is 1. The Morgan fingerprint density at radius 1 is 1.39 bits per heavy atom. The van der Waals surface area contributed by atoms with Gasteiger partial charge in [-0.25, -0.2) is 0 Å². The number of esters is 1. The zero-order valence-electron chi connectivity index (χ0n) is 10.7. The highest BCUT2D eigenvalue weighted by Gasteiger charge is 2.12. The molecule has 2 aromatic rings. The van der Waals surface area contributed by atoms with E-state index < -0.39 is 0 Å². The fourth-order valence-corrected chi connectivity index (χ4v) is 1.99.